The van der Waals surface area contributed by atoms with E-state index < -0.39 is 0 Å². The molecule has 0 atom stereocenters. The van der Waals surface area contributed by atoms with Crippen LogP contribution in [0.5, 0.6) is 0 Å². The van der Waals surface area contributed by atoms with E-state index in [2.05, 4.69) is 21.5 Å². The van der Waals surface area contributed by atoms with Gasteiger partial charge in [0.1, 0.15) is 6.33 Å². The van der Waals surface area contributed by atoms with Crippen LogP contribution in [0, 0.1) is 0 Å². The third-order valence-corrected chi connectivity index (χ3v) is 3.49. The van der Waals surface area contributed by atoms with Crippen LogP contribution < -0.4 is 11.3 Å². The summed E-state index contributed by atoms with van der Waals surface area (Å²) in [5.41, 5.74) is 3.51. The van der Waals surface area contributed by atoms with Crippen LogP contribution in [0.25, 0.3) is 10.2 Å². The second kappa shape index (κ2) is 5.39. The molecule has 0 saturated heterocycles. The predicted octanol–water partition coefficient (Wildman–Crippen LogP) is 1.94. The Morgan fingerprint density at radius 3 is 3.00 bits per heavy atom. The van der Waals surface area contributed by atoms with Crippen molar-refractivity contribution < 1.29 is 4.74 Å². The van der Waals surface area contributed by atoms with Crippen molar-refractivity contribution in [3.63, 3.8) is 0 Å². The van der Waals surface area contributed by atoms with E-state index in [1.807, 2.05) is 13.8 Å². The van der Waals surface area contributed by atoms with E-state index in [-0.39, 0.29) is 6.10 Å². The number of nitrogen functional groups attached to an aromatic ring is 1. The molecule has 2 heterocycles. The van der Waals surface area contributed by atoms with Gasteiger partial charge in [0, 0.05) is 11.3 Å². The molecule has 2 aromatic heterocycles. The van der Waals surface area contributed by atoms with E-state index in [9.17, 15) is 0 Å². The van der Waals surface area contributed by atoms with E-state index in [4.69, 9.17) is 10.6 Å². The summed E-state index contributed by atoms with van der Waals surface area (Å²) in [7, 11) is 0. The molecule has 0 aromatic carbocycles. The summed E-state index contributed by atoms with van der Waals surface area (Å²) in [6.07, 6.45) is 2.67. The first-order chi connectivity index (χ1) is 8.20. The number of aromatic nitrogens is 2. The SMILES string of the molecule is CC(C)OCCc1cc2ncnc(NN)c2s1. The molecule has 0 radical (unpaired) electrons. The van der Waals surface area contributed by atoms with Crippen LogP contribution in [0.1, 0.15) is 18.7 Å². The average molecular weight is 252 g/mol. The van der Waals surface area contributed by atoms with Gasteiger partial charge in [0.15, 0.2) is 5.82 Å². The maximum Gasteiger partial charge on any atom is 0.161 e. The summed E-state index contributed by atoms with van der Waals surface area (Å²) in [4.78, 5) is 9.53. The average Bonchev–Trinajstić information content (AvgIpc) is 2.70. The number of nitrogens with two attached hydrogens (primary N) is 1. The van der Waals surface area contributed by atoms with Crippen LogP contribution in [-0.4, -0.2) is 22.7 Å². The van der Waals surface area contributed by atoms with Gasteiger partial charge in [-0.15, -0.1) is 11.3 Å². The number of hydrogen-bond acceptors (Lipinski definition) is 6. The van der Waals surface area contributed by atoms with Crippen LogP contribution in [0.3, 0.4) is 0 Å². The van der Waals surface area contributed by atoms with Gasteiger partial charge in [0.2, 0.25) is 0 Å². The lowest BCUT2D eigenvalue weighted by atomic mass is 10.3. The van der Waals surface area contributed by atoms with Crippen LogP contribution in [0.15, 0.2) is 12.4 Å². The summed E-state index contributed by atoms with van der Waals surface area (Å²) >= 11 is 1.65. The molecule has 0 aliphatic rings. The molecule has 17 heavy (non-hydrogen) atoms. The molecule has 0 fully saturated rings. The van der Waals surface area contributed by atoms with Gasteiger partial charge in [-0.05, 0) is 19.9 Å². The van der Waals surface area contributed by atoms with Gasteiger partial charge in [-0.3, -0.25) is 0 Å². The first-order valence-electron chi connectivity index (χ1n) is 5.52. The largest absolute Gasteiger partial charge is 0.378 e. The van der Waals surface area contributed by atoms with Crippen LogP contribution in [0.4, 0.5) is 5.82 Å². The maximum atomic E-state index is 5.53. The maximum absolute atomic E-state index is 5.53. The number of hydrazine groups is 1. The van der Waals surface area contributed by atoms with Gasteiger partial charge in [-0.25, -0.2) is 15.8 Å². The van der Waals surface area contributed by atoms with Gasteiger partial charge in [0.05, 0.1) is 22.9 Å². The molecular formula is C11H16N4OS. The van der Waals surface area contributed by atoms with Crippen molar-refractivity contribution in [1.29, 1.82) is 0 Å². The molecule has 2 aromatic rings. The van der Waals surface area contributed by atoms with E-state index in [0.29, 0.717) is 5.82 Å². The lowest BCUT2D eigenvalue weighted by Crippen LogP contribution is -2.08. The highest BCUT2D eigenvalue weighted by Crippen LogP contribution is 2.28. The molecule has 0 unspecified atom stereocenters. The summed E-state index contributed by atoms with van der Waals surface area (Å²) in [5.74, 6) is 6.08. The molecule has 0 bridgehead atoms. The monoisotopic (exact) mass is 252 g/mol. The Morgan fingerprint density at radius 2 is 2.29 bits per heavy atom. The minimum Gasteiger partial charge on any atom is -0.378 e. The third kappa shape index (κ3) is 2.91. The van der Waals surface area contributed by atoms with E-state index in [1.54, 1.807) is 11.3 Å². The van der Waals surface area contributed by atoms with Gasteiger partial charge >= 0.3 is 0 Å². The van der Waals surface area contributed by atoms with E-state index in [1.165, 1.54) is 11.2 Å². The summed E-state index contributed by atoms with van der Waals surface area (Å²) in [5, 5.41) is 0. The smallest absolute Gasteiger partial charge is 0.161 e. The van der Waals surface area contributed by atoms with Crippen LogP contribution >= 0.6 is 11.3 Å². The van der Waals surface area contributed by atoms with E-state index in [0.717, 1.165) is 23.2 Å². The van der Waals surface area contributed by atoms with Crippen LogP contribution in [0.2, 0.25) is 0 Å². The fraction of sp³-hybridized carbons (Fsp3) is 0.455. The summed E-state index contributed by atoms with van der Waals surface area (Å²) in [6, 6.07) is 2.06. The molecule has 5 nitrogen and oxygen atoms in total. The van der Waals surface area contributed by atoms with Crippen molar-refractivity contribution in [2.45, 2.75) is 26.4 Å². The van der Waals surface area contributed by atoms with Crippen LogP contribution in [-0.2, 0) is 11.2 Å². The number of hydrogen-bond donors (Lipinski definition) is 2. The standard InChI is InChI=1S/C11H16N4OS/c1-7(2)16-4-3-8-5-9-10(17-8)11(15-12)14-6-13-9/h5-7H,3-4,12H2,1-2H3,(H,13,14,15). The highest BCUT2D eigenvalue weighted by atomic mass is 32.1. The molecule has 0 aliphatic carbocycles. The molecule has 0 amide bonds. The van der Waals surface area contributed by atoms with Crippen molar-refractivity contribution in [3.05, 3.63) is 17.3 Å². The molecule has 0 saturated carbocycles. The number of rotatable bonds is 5. The number of ether oxygens (including phenoxy) is 1. The topological polar surface area (TPSA) is 73.1 Å². The lowest BCUT2D eigenvalue weighted by molar-refractivity contribution is 0.0817. The molecule has 6 heteroatoms. The van der Waals surface area contributed by atoms with Gasteiger partial charge in [0.25, 0.3) is 0 Å². The zero-order valence-electron chi connectivity index (χ0n) is 9.93. The minimum atomic E-state index is 0.269. The Labute approximate surface area is 104 Å². The number of anilines is 1. The van der Waals surface area contributed by atoms with E-state index >= 15 is 0 Å². The summed E-state index contributed by atoms with van der Waals surface area (Å²) in [6.45, 7) is 4.79. The van der Waals surface area contributed by atoms with Gasteiger partial charge in [-0.2, -0.15) is 0 Å². The molecule has 3 N–H and O–H groups in total. The van der Waals surface area contributed by atoms with Crippen molar-refractivity contribution in [3.8, 4) is 0 Å². The quantitative estimate of drug-likeness (QED) is 0.628. The molecule has 0 aliphatic heterocycles. The fourth-order valence-corrected chi connectivity index (χ4v) is 2.57. The summed E-state index contributed by atoms with van der Waals surface area (Å²) < 4.78 is 6.52. The third-order valence-electron chi connectivity index (χ3n) is 2.30. The Balaban J connectivity index is 2.14. The first-order valence-corrected chi connectivity index (χ1v) is 6.34. The molecule has 92 valence electrons. The lowest BCUT2D eigenvalue weighted by Gasteiger charge is -2.05. The Kier molecular flexibility index (Phi) is 3.88. The van der Waals surface area contributed by atoms with Gasteiger partial charge < -0.3 is 10.2 Å². The molecule has 0 spiro atoms. The van der Waals surface area contributed by atoms with Crippen molar-refractivity contribution in [1.82, 2.24) is 9.97 Å². The predicted molar refractivity (Wildman–Crippen MR) is 70.0 cm³/mol. The fourth-order valence-electron chi connectivity index (χ4n) is 1.53. The van der Waals surface area contributed by atoms with Crippen molar-refractivity contribution >= 4 is 27.4 Å². The van der Waals surface area contributed by atoms with Crippen molar-refractivity contribution in [2.75, 3.05) is 12.0 Å². The zero-order valence-corrected chi connectivity index (χ0v) is 10.8. The second-order valence-corrected chi connectivity index (χ2v) is 5.10. The van der Waals surface area contributed by atoms with Crippen molar-refractivity contribution in [2.24, 2.45) is 5.84 Å². The second-order valence-electron chi connectivity index (χ2n) is 3.96. The Hall–Kier alpha value is -1.24. The highest BCUT2D eigenvalue weighted by molar-refractivity contribution is 7.19. The highest BCUT2D eigenvalue weighted by Gasteiger charge is 2.08. The number of thiophene rings is 1. The minimum absolute atomic E-state index is 0.269. The zero-order chi connectivity index (χ0) is 12.3. The Morgan fingerprint density at radius 1 is 1.47 bits per heavy atom. The number of nitrogens with zero attached hydrogens (tertiary/aromatic N) is 2. The number of nitrogens with one attached hydrogen (secondary N) is 1. The van der Waals surface area contributed by atoms with Gasteiger partial charge in [-0.1, -0.05) is 0 Å². The first kappa shape index (κ1) is 12.2. The number of fused-ring (bicyclic) bond motifs is 1. The molecular weight excluding hydrogens is 236 g/mol. The molecule has 2 rings (SSSR count). The normalized spacial score (nSPS) is 11.3. The Bertz CT molecular complexity index is 497.